The summed E-state index contributed by atoms with van der Waals surface area (Å²) in [4.78, 5) is 2.01. The van der Waals surface area contributed by atoms with Gasteiger partial charge < -0.3 is 0 Å². The minimum atomic E-state index is -3.96. The molecule has 0 fully saturated rings. The summed E-state index contributed by atoms with van der Waals surface area (Å²) in [6.07, 6.45) is 2.21. The van der Waals surface area contributed by atoms with Crippen molar-refractivity contribution in [3.05, 3.63) is 59.4 Å². The third-order valence-corrected chi connectivity index (χ3v) is 6.11. The van der Waals surface area contributed by atoms with Crippen molar-refractivity contribution in [1.82, 2.24) is 4.90 Å². The second-order valence-corrected chi connectivity index (χ2v) is 8.17. The Morgan fingerprint density at radius 1 is 1.16 bits per heavy atom. The number of benzene rings is 2. The van der Waals surface area contributed by atoms with E-state index in [9.17, 15) is 12.8 Å². The van der Waals surface area contributed by atoms with E-state index >= 15 is 0 Å². The van der Waals surface area contributed by atoms with Crippen LogP contribution in [0.3, 0.4) is 0 Å². The molecule has 1 N–H and O–H groups in total. The lowest BCUT2D eigenvalue weighted by atomic mass is 10.1. The van der Waals surface area contributed by atoms with Crippen LogP contribution in [0.2, 0.25) is 0 Å². The third kappa shape index (κ3) is 3.70. The van der Waals surface area contributed by atoms with Crippen LogP contribution in [-0.4, -0.2) is 19.4 Å². The fraction of sp³-hybridized carbons (Fsp3) is 0.368. The molecule has 1 aliphatic rings. The van der Waals surface area contributed by atoms with Gasteiger partial charge in [0.1, 0.15) is 10.7 Å². The van der Waals surface area contributed by atoms with Gasteiger partial charge in [-0.1, -0.05) is 37.6 Å². The van der Waals surface area contributed by atoms with E-state index in [0.717, 1.165) is 36.6 Å². The molecule has 3 rings (SSSR count). The standard InChI is InChI=1S/C19H23FN2O2S/c1-3-7-14(2)22-12-15-8-6-10-18(16(15)13-22)21-25(23,24)19-11-5-4-9-17(19)20/h4-6,8-11,14,21H,3,7,12-13H2,1-2H3/t14-/m1/s1. The Labute approximate surface area is 148 Å². The molecule has 0 bridgehead atoms. The quantitative estimate of drug-likeness (QED) is 0.840. The minimum absolute atomic E-state index is 0.332. The molecule has 25 heavy (non-hydrogen) atoms. The summed E-state index contributed by atoms with van der Waals surface area (Å²) in [5.74, 6) is -0.749. The molecule has 0 spiro atoms. The SMILES string of the molecule is CCC[C@@H](C)N1Cc2cccc(NS(=O)(=O)c3ccccc3F)c2C1. The number of halogens is 1. The fourth-order valence-corrected chi connectivity index (χ4v) is 4.49. The molecule has 0 aromatic heterocycles. The largest absolute Gasteiger partial charge is 0.292 e. The van der Waals surface area contributed by atoms with Crippen LogP contribution in [0, 0.1) is 5.82 Å². The van der Waals surface area contributed by atoms with Crippen molar-refractivity contribution >= 4 is 15.7 Å². The summed E-state index contributed by atoms with van der Waals surface area (Å²) in [6.45, 7) is 5.87. The predicted molar refractivity (Wildman–Crippen MR) is 97.3 cm³/mol. The highest BCUT2D eigenvalue weighted by Crippen LogP contribution is 2.32. The van der Waals surface area contributed by atoms with E-state index in [1.807, 2.05) is 12.1 Å². The van der Waals surface area contributed by atoms with Gasteiger partial charge >= 0.3 is 0 Å². The maximum atomic E-state index is 13.9. The Morgan fingerprint density at radius 2 is 1.92 bits per heavy atom. The Kier molecular flexibility index (Phi) is 5.11. The van der Waals surface area contributed by atoms with Crippen LogP contribution in [0.5, 0.6) is 0 Å². The van der Waals surface area contributed by atoms with Gasteiger partial charge in [0.2, 0.25) is 0 Å². The summed E-state index contributed by atoms with van der Waals surface area (Å²) >= 11 is 0. The average molecular weight is 362 g/mol. The lowest BCUT2D eigenvalue weighted by Crippen LogP contribution is -2.27. The maximum absolute atomic E-state index is 13.9. The first kappa shape index (κ1) is 17.9. The van der Waals surface area contributed by atoms with Crippen LogP contribution in [0.4, 0.5) is 10.1 Å². The Bertz CT molecular complexity index is 867. The molecule has 2 aromatic carbocycles. The van der Waals surface area contributed by atoms with E-state index < -0.39 is 15.8 Å². The molecular formula is C19H23FN2O2S. The van der Waals surface area contributed by atoms with Crippen molar-refractivity contribution in [2.24, 2.45) is 0 Å². The predicted octanol–water partition coefficient (Wildman–Crippen LogP) is 4.13. The highest BCUT2D eigenvalue weighted by molar-refractivity contribution is 7.92. The van der Waals surface area contributed by atoms with Crippen molar-refractivity contribution in [2.45, 2.75) is 50.7 Å². The molecule has 134 valence electrons. The van der Waals surface area contributed by atoms with Crippen LogP contribution in [0.1, 0.15) is 37.8 Å². The first-order valence-electron chi connectivity index (χ1n) is 8.54. The first-order valence-corrected chi connectivity index (χ1v) is 10.0. The molecule has 0 saturated carbocycles. The van der Waals surface area contributed by atoms with Crippen molar-refractivity contribution in [3.63, 3.8) is 0 Å². The highest BCUT2D eigenvalue weighted by atomic mass is 32.2. The van der Waals surface area contributed by atoms with E-state index in [1.54, 1.807) is 6.07 Å². The number of nitrogens with zero attached hydrogens (tertiary/aromatic N) is 1. The molecular weight excluding hydrogens is 339 g/mol. The number of anilines is 1. The summed E-state index contributed by atoms with van der Waals surface area (Å²) < 4.78 is 41.6. The molecule has 0 amide bonds. The molecule has 0 unspecified atom stereocenters. The Hall–Kier alpha value is -1.92. The van der Waals surface area contributed by atoms with Crippen molar-refractivity contribution in [2.75, 3.05) is 4.72 Å². The second-order valence-electron chi connectivity index (χ2n) is 6.52. The summed E-state index contributed by atoms with van der Waals surface area (Å²) in [6, 6.07) is 11.5. The lowest BCUT2D eigenvalue weighted by Gasteiger charge is -2.23. The van der Waals surface area contributed by atoms with Crippen LogP contribution in [0.15, 0.2) is 47.4 Å². The summed E-state index contributed by atoms with van der Waals surface area (Å²) in [5, 5.41) is 0. The van der Waals surface area contributed by atoms with E-state index in [0.29, 0.717) is 18.3 Å². The zero-order valence-electron chi connectivity index (χ0n) is 14.5. The zero-order chi connectivity index (χ0) is 18.0. The molecule has 4 nitrogen and oxygen atoms in total. The van der Waals surface area contributed by atoms with E-state index in [2.05, 4.69) is 23.5 Å². The summed E-state index contributed by atoms with van der Waals surface area (Å²) in [5.41, 5.74) is 2.63. The molecule has 6 heteroatoms. The van der Waals surface area contributed by atoms with Gasteiger partial charge in [0.15, 0.2) is 0 Å². The second kappa shape index (κ2) is 7.14. The van der Waals surface area contributed by atoms with E-state index in [4.69, 9.17) is 0 Å². The van der Waals surface area contributed by atoms with Crippen molar-refractivity contribution in [3.8, 4) is 0 Å². The third-order valence-electron chi connectivity index (χ3n) is 4.71. The first-order chi connectivity index (χ1) is 11.9. The van der Waals surface area contributed by atoms with E-state index in [-0.39, 0.29) is 4.90 Å². The average Bonchev–Trinajstić information content (AvgIpc) is 3.00. The number of hydrogen-bond acceptors (Lipinski definition) is 3. The molecule has 0 saturated heterocycles. The Balaban J connectivity index is 1.87. The Morgan fingerprint density at radius 3 is 2.64 bits per heavy atom. The number of hydrogen-bond donors (Lipinski definition) is 1. The van der Waals surface area contributed by atoms with Gasteiger partial charge in [0.25, 0.3) is 10.0 Å². The number of rotatable bonds is 6. The van der Waals surface area contributed by atoms with Gasteiger partial charge in [-0.25, -0.2) is 12.8 Å². The topological polar surface area (TPSA) is 49.4 Å². The number of fused-ring (bicyclic) bond motifs is 1. The zero-order valence-corrected chi connectivity index (χ0v) is 15.3. The number of sulfonamides is 1. The van der Waals surface area contributed by atoms with Gasteiger partial charge in [-0.3, -0.25) is 9.62 Å². The van der Waals surface area contributed by atoms with Crippen molar-refractivity contribution < 1.29 is 12.8 Å². The van der Waals surface area contributed by atoms with Gasteiger partial charge in [-0.15, -0.1) is 0 Å². The highest BCUT2D eigenvalue weighted by Gasteiger charge is 2.27. The van der Waals surface area contributed by atoms with Gasteiger partial charge in [-0.2, -0.15) is 0 Å². The van der Waals surface area contributed by atoms with Gasteiger partial charge in [0, 0.05) is 19.1 Å². The fourth-order valence-electron chi connectivity index (χ4n) is 3.32. The molecule has 2 aromatic rings. The smallest absolute Gasteiger partial charge is 0.264 e. The summed E-state index contributed by atoms with van der Waals surface area (Å²) in [7, 11) is -3.96. The van der Waals surface area contributed by atoms with Gasteiger partial charge in [-0.05, 0) is 42.7 Å². The molecule has 1 aliphatic heterocycles. The molecule has 0 radical (unpaired) electrons. The monoisotopic (exact) mass is 362 g/mol. The maximum Gasteiger partial charge on any atom is 0.264 e. The minimum Gasteiger partial charge on any atom is -0.292 e. The van der Waals surface area contributed by atoms with Crippen molar-refractivity contribution in [1.29, 1.82) is 0 Å². The van der Waals surface area contributed by atoms with Gasteiger partial charge in [0.05, 0.1) is 5.69 Å². The molecule has 1 heterocycles. The molecule has 0 aliphatic carbocycles. The van der Waals surface area contributed by atoms with Crippen LogP contribution in [0.25, 0.3) is 0 Å². The van der Waals surface area contributed by atoms with Crippen LogP contribution < -0.4 is 4.72 Å². The van der Waals surface area contributed by atoms with E-state index in [1.165, 1.54) is 18.2 Å². The lowest BCUT2D eigenvalue weighted by molar-refractivity contribution is 0.202. The number of nitrogens with one attached hydrogen (secondary N) is 1. The normalized spacial score (nSPS) is 15.8. The van der Waals surface area contributed by atoms with Crippen LogP contribution in [-0.2, 0) is 23.1 Å². The molecule has 1 atom stereocenters. The van der Waals surface area contributed by atoms with Crippen LogP contribution >= 0.6 is 0 Å².